The van der Waals surface area contributed by atoms with E-state index in [0.717, 1.165) is 10.5 Å². The number of benzene rings is 2. The molecule has 0 saturated carbocycles. The van der Waals surface area contributed by atoms with Crippen LogP contribution < -0.4 is 10.6 Å². The van der Waals surface area contributed by atoms with Crippen LogP contribution in [0.15, 0.2) is 48.5 Å². The summed E-state index contributed by atoms with van der Waals surface area (Å²) in [6.07, 6.45) is 0. The van der Waals surface area contributed by atoms with E-state index in [1.165, 1.54) is 0 Å². The van der Waals surface area contributed by atoms with Gasteiger partial charge in [-0.1, -0.05) is 47.5 Å². The van der Waals surface area contributed by atoms with Crippen LogP contribution in [0.1, 0.15) is 18.1 Å². The Hall–Kier alpha value is -2.57. The predicted molar refractivity (Wildman–Crippen MR) is 102 cm³/mol. The van der Waals surface area contributed by atoms with Crippen molar-refractivity contribution >= 4 is 41.0 Å². The van der Waals surface area contributed by atoms with Crippen molar-refractivity contribution in [2.75, 3.05) is 6.54 Å². The van der Waals surface area contributed by atoms with Crippen LogP contribution >= 0.6 is 23.2 Å². The predicted octanol–water partition coefficient (Wildman–Crippen LogP) is 3.08. The molecule has 0 spiro atoms. The van der Waals surface area contributed by atoms with Gasteiger partial charge in [0.05, 0.1) is 0 Å². The maximum Gasteiger partial charge on any atom is 0.325 e. The fourth-order valence-corrected chi connectivity index (χ4v) is 3.07. The van der Waals surface area contributed by atoms with E-state index in [0.29, 0.717) is 15.6 Å². The van der Waals surface area contributed by atoms with E-state index < -0.39 is 23.4 Å². The summed E-state index contributed by atoms with van der Waals surface area (Å²) in [7, 11) is 0. The van der Waals surface area contributed by atoms with Gasteiger partial charge in [0.1, 0.15) is 12.1 Å². The highest BCUT2D eigenvalue weighted by Gasteiger charge is 2.49. The molecule has 0 aromatic heterocycles. The van der Waals surface area contributed by atoms with Gasteiger partial charge >= 0.3 is 6.03 Å². The number of halogens is 2. The third kappa shape index (κ3) is 4.07. The fraction of sp³-hybridized carbons (Fsp3) is 0.211. The largest absolute Gasteiger partial charge is 0.350 e. The Morgan fingerprint density at radius 2 is 1.59 bits per heavy atom. The average Bonchev–Trinajstić information content (AvgIpc) is 2.86. The number of carbonyl (C=O) groups is 3. The molecule has 2 aromatic carbocycles. The SMILES string of the molecule is C[C@]1(c2ccc(Cl)cc2)NC(=O)N(CC(=O)NCc2ccc(Cl)cc2)C1=O. The number of urea groups is 1. The van der Waals surface area contributed by atoms with Crippen LogP contribution in [0.2, 0.25) is 10.0 Å². The molecule has 1 aliphatic heterocycles. The third-order valence-corrected chi connectivity index (χ3v) is 4.91. The number of imide groups is 1. The number of carbonyl (C=O) groups excluding carboxylic acids is 3. The lowest BCUT2D eigenvalue weighted by molar-refractivity contribution is -0.134. The highest BCUT2D eigenvalue weighted by atomic mass is 35.5. The molecule has 6 nitrogen and oxygen atoms in total. The zero-order valence-corrected chi connectivity index (χ0v) is 16.0. The van der Waals surface area contributed by atoms with Gasteiger partial charge in [-0.2, -0.15) is 0 Å². The Kier molecular flexibility index (Phi) is 5.39. The first kappa shape index (κ1) is 19.2. The Morgan fingerprint density at radius 1 is 1.04 bits per heavy atom. The normalized spacial score (nSPS) is 19.1. The minimum atomic E-state index is -1.24. The monoisotopic (exact) mass is 405 g/mol. The van der Waals surface area contributed by atoms with E-state index in [9.17, 15) is 14.4 Å². The van der Waals surface area contributed by atoms with Gasteiger partial charge in [-0.15, -0.1) is 0 Å². The smallest absolute Gasteiger partial charge is 0.325 e. The van der Waals surface area contributed by atoms with E-state index in [2.05, 4.69) is 10.6 Å². The maximum atomic E-state index is 12.8. The van der Waals surface area contributed by atoms with Gasteiger partial charge in [-0.05, 0) is 42.3 Å². The Labute approximate surface area is 166 Å². The number of hydrogen-bond acceptors (Lipinski definition) is 3. The number of amides is 4. The lowest BCUT2D eigenvalue weighted by atomic mass is 9.92. The van der Waals surface area contributed by atoms with Gasteiger partial charge in [-0.25, -0.2) is 4.79 Å². The van der Waals surface area contributed by atoms with E-state index >= 15 is 0 Å². The van der Waals surface area contributed by atoms with Gasteiger partial charge < -0.3 is 10.6 Å². The molecular formula is C19H17Cl2N3O3. The minimum absolute atomic E-state index is 0.272. The van der Waals surface area contributed by atoms with Gasteiger partial charge in [-0.3, -0.25) is 14.5 Å². The van der Waals surface area contributed by atoms with E-state index in [1.807, 2.05) is 0 Å². The molecule has 4 amide bonds. The van der Waals surface area contributed by atoms with Crippen LogP contribution in [0.25, 0.3) is 0 Å². The highest BCUT2D eigenvalue weighted by molar-refractivity contribution is 6.30. The second kappa shape index (κ2) is 7.58. The maximum absolute atomic E-state index is 12.8. The van der Waals surface area contributed by atoms with Crippen LogP contribution in [-0.4, -0.2) is 29.3 Å². The molecule has 140 valence electrons. The summed E-state index contributed by atoms with van der Waals surface area (Å²) >= 11 is 11.7. The molecule has 1 fully saturated rings. The van der Waals surface area contributed by atoms with Crippen molar-refractivity contribution in [3.63, 3.8) is 0 Å². The summed E-state index contributed by atoms with van der Waals surface area (Å²) in [6, 6.07) is 13.0. The zero-order chi connectivity index (χ0) is 19.6. The molecule has 0 unspecified atom stereocenters. The van der Waals surface area contributed by atoms with E-state index in [4.69, 9.17) is 23.2 Å². The second-order valence-corrected chi connectivity index (χ2v) is 7.23. The lowest BCUT2D eigenvalue weighted by Gasteiger charge is -2.22. The first-order chi connectivity index (χ1) is 12.8. The molecule has 27 heavy (non-hydrogen) atoms. The number of hydrogen-bond donors (Lipinski definition) is 2. The molecule has 0 aliphatic carbocycles. The van der Waals surface area contributed by atoms with Gasteiger partial charge in [0.15, 0.2) is 0 Å². The van der Waals surface area contributed by atoms with Crippen LogP contribution in [0, 0.1) is 0 Å². The quantitative estimate of drug-likeness (QED) is 0.750. The Balaban J connectivity index is 1.65. The van der Waals surface area contributed by atoms with Crippen molar-refractivity contribution < 1.29 is 14.4 Å². The van der Waals surface area contributed by atoms with Crippen molar-refractivity contribution in [1.82, 2.24) is 15.5 Å². The molecule has 1 atom stereocenters. The molecule has 3 rings (SSSR count). The van der Waals surface area contributed by atoms with Crippen LogP contribution in [-0.2, 0) is 21.7 Å². The number of nitrogens with zero attached hydrogens (tertiary/aromatic N) is 1. The van der Waals surface area contributed by atoms with Crippen LogP contribution in [0.4, 0.5) is 4.79 Å². The van der Waals surface area contributed by atoms with Gasteiger partial charge in [0.2, 0.25) is 5.91 Å². The van der Waals surface area contributed by atoms with Gasteiger partial charge in [0, 0.05) is 16.6 Å². The number of rotatable bonds is 5. The average molecular weight is 406 g/mol. The molecule has 2 aromatic rings. The van der Waals surface area contributed by atoms with Crippen molar-refractivity contribution in [3.05, 3.63) is 69.7 Å². The van der Waals surface area contributed by atoms with Crippen molar-refractivity contribution in [2.24, 2.45) is 0 Å². The van der Waals surface area contributed by atoms with Gasteiger partial charge in [0.25, 0.3) is 5.91 Å². The molecule has 2 N–H and O–H groups in total. The second-order valence-electron chi connectivity index (χ2n) is 6.36. The summed E-state index contributed by atoms with van der Waals surface area (Å²) in [4.78, 5) is 38.1. The third-order valence-electron chi connectivity index (χ3n) is 4.40. The van der Waals surface area contributed by atoms with Crippen LogP contribution in [0.3, 0.4) is 0 Å². The molecule has 0 radical (unpaired) electrons. The Morgan fingerprint density at radius 3 is 2.19 bits per heavy atom. The first-order valence-electron chi connectivity index (χ1n) is 8.21. The first-order valence-corrected chi connectivity index (χ1v) is 8.96. The number of nitrogens with one attached hydrogen (secondary N) is 2. The zero-order valence-electron chi connectivity index (χ0n) is 14.5. The summed E-state index contributed by atoms with van der Waals surface area (Å²) in [5, 5.41) is 6.47. The van der Waals surface area contributed by atoms with Crippen molar-refractivity contribution in [3.8, 4) is 0 Å². The lowest BCUT2D eigenvalue weighted by Crippen LogP contribution is -2.43. The van der Waals surface area contributed by atoms with E-state index in [1.54, 1.807) is 55.5 Å². The van der Waals surface area contributed by atoms with Crippen molar-refractivity contribution in [2.45, 2.75) is 19.0 Å². The molecule has 1 heterocycles. The molecule has 8 heteroatoms. The Bertz CT molecular complexity index is 884. The molecule has 1 saturated heterocycles. The summed E-state index contributed by atoms with van der Waals surface area (Å²) in [5.41, 5.74) is 0.211. The summed E-state index contributed by atoms with van der Waals surface area (Å²) in [5.74, 6) is -0.926. The van der Waals surface area contributed by atoms with Crippen LogP contribution in [0.5, 0.6) is 0 Å². The minimum Gasteiger partial charge on any atom is -0.350 e. The topological polar surface area (TPSA) is 78.5 Å². The highest BCUT2D eigenvalue weighted by Crippen LogP contribution is 2.29. The van der Waals surface area contributed by atoms with E-state index in [-0.39, 0.29) is 13.1 Å². The molecular weight excluding hydrogens is 389 g/mol. The molecule has 0 bridgehead atoms. The summed E-state index contributed by atoms with van der Waals surface area (Å²) < 4.78 is 0. The fourth-order valence-electron chi connectivity index (χ4n) is 2.82. The standard InChI is InChI=1S/C19H17Cl2N3O3/c1-19(13-4-8-15(21)9-5-13)17(26)24(18(27)23-19)11-16(25)22-10-12-2-6-14(20)7-3-12/h2-9H,10-11H2,1H3,(H,22,25)(H,23,27)/t19-/m1/s1. The summed E-state index contributed by atoms with van der Waals surface area (Å²) in [6.45, 7) is 1.51. The van der Waals surface area contributed by atoms with Crippen molar-refractivity contribution in [1.29, 1.82) is 0 Å². The molecule has 1 aliphatic rings.